The molecule has 1 nitrogen and oxygen atoms in total. The predicted molar refractivity (Wildman–Crippen MR) is 73.1 cm³/mol. The first kappa shape index (κ1) is 15.8. The van der Waals surface area contributed by atoms with Gasteiger partial charge in [0.2, 0.25) is 0 Å². The summed E-state index contributed by atoms with van der Waals surface area (Å²) >= 11 is -1.04. The average molecular weight is 315 g/mol. The van der Waals surface area contributed by atoms with Crippen LogP contribution in [0.1, 0.15) is 47.0 Å². The van der Waals surface area contributed by atoms with Crippen molar-refractivity contribution in [3.63, 3.8) is 0 Å². The van der Waals surface area contributed by atoms with Crippen LogP contribution in [0.4, 0.5) is 0 Å². The van der Waals surface area contributed by atoms with Crippen LogP contribution in [-0.2, 0) is 0 Å². The summed E-state index contributed by atoms with van der Waals surface area (Å²) in [5.74, 6) is 0. The summed E-state index contributed by atoms with van der Waals surface area (Å²) < 4.78 is 4.92. The van der Waals surface area contributed by atoms with Crippen LogP contribution in [-0.4, -0.2) is 46.0 Å². The minimum atomic E-state index is -1.04. The molecule has 0 N–H and O–H groups in total. The molecule has 0 aliphatic rings. The second-order valence-corrected chi connectivity index (χ2v) is 15.0. The average Bonchev–Trinajstić information content (AvgIpc) is 2.18. The van der Waals surface area contributed by atoms with E-state index in [4.69, 9.17) is 0 Å². The molecule has 0 aromatic carbocycles. The van der Waals surface area contributed by atoms with Gasteiger partial charge in [0, 0.05) is 0 Å². The summed E-state index contributed by atoms with van der Waals surface area (Å²) in [6.07, 6.45) is 4.36. The Morgan fingerprint density at radius 1 is 1.00 bits per heavy atom. The zero-order chi connectivity index (χ0) is 11.7. The van der Waals surface area contributed by atoms with E-state index in [9.17, 15) is 0 Å². The maximum absolute atomic E-state index is 2.49. The van der Waals surface area contributed by atoms with Gasteiger partial charge in [-0.3, -0.25) is 0 Å². The Kier molecular flexibility index (Phi) is 10.6. The van der Waals surface area contributed by atoms with E-state index < -0.39 is 21.4 Å². The van der Waals surface area contributed by atoms with Crippen LogP contribution >= 0.6 is 0 Å². The zero-order valence-electron chi connectivity index (χ0n) is 11.6. The van der Waals surface area contributed by atoms with E-state index in [2.05, 4.69) is 39.6 Å². The van der Waals surface area contributed by atoms with E-state index in [0.29, 0.717) is 0 Å². The van der Waals surface area contributed by atoms with E-state index in [1.54, 1.807) is 12.5 Å². The van der Waals surface area contributed by atoms with Crippen molar-refractivity contribution in [2.45, 2.75) is 65.5 Å². The third-order valence-electron chi connectivity index (χ3n) is 3.40. The molecule has 0 amide bonds. The van der Waals surface area contributed by atoms with Gasteiger partial charge >= 0.3 is 105 Å². The summed E-state index contributed by atoms with van der Waals surface area (Å²) in [6.45, 7) is 10.6. The summed E-state index contributed by atoms with van der Waals surface area (Å²) in [4.78, 5) is 2.49. The molecule has 0 saturated carbocycles. The van der Waals surface area contributed by atoms with Crippen molar-refractivity contribution in [1.82, 2.24) is 4.90 Å². The van der Waals surface area contributed by atoms with Crippen LogP contribution < -0.4 is 0 Å². The first-order chi connectivity index (χ1) is 7.11. The van der Waals surface area contributed by atoms with Crippen molar-refractivity contribution in [3.8, 4) is 0 Å². The van der Waals surface area contributed by atoms with Gasteiger partial charge in [0.1, 0.15) is 0 Å². The molecule has 0 bridgehead atoms. The molecule has 0 spiro atoms. The van der Waals surface area contributed by atoms with E-state index >= 15 is 0 Å². The Hall–Kier alpha value is 0.830. The van der Waals surface area contributed by atoms with Crippen molar-refractivity contribution >= 4 is 21.4 Å². The van der Waals surface area contributed by atoms with Crippen LogP contribution in [0.3, 0.4) is 0 Å². The van der Waals surface area contributed by atoms with Crippen molar-refractivity contribution in [3.05, 3.63) is 0 Å². The zero-order valence-corrected chi connectivity index (χ0v) is 14.8. The molecular weight excluding hydrogens is 285 g/mol. The second kappa shape index (κ2) is 10.0. The third kappa shape index (κ3) is 8.62. The first-order valence-corrected chi connectivity index (χ1v) is 13.8. The van der Waals surface area contributed by atoms with Gasteiger partial charge in [-0.1, -0.05) is 0 Å². The molecule has 0 aromatic rings. The molecular formula is C13H30InN. The monoisotopic (exact) mass is 315 g/mol. The Balaban J connectivity index is 3.60. The van der Waals surface area contributed by atoms with Crippen LogP contribution in [0, 0.1) is 0 Å². The molecule has 0 heterocycles. The van der Waals surface area contributed by atoms with Crippen LogP contribution in [0.2, 0.25) is 12.5 Å². The van der Waals surface area contributed by atoms with Crippen molar-refractivity contribution in [1.29, 1.82) is 0 Å². The molecule has 0 saturated heterocycles. The fraction of sp³-hybridized carbons (Fsp3) is 1.00. The fourth-order valence-electron chi connectivity index (χ4n) is 2.14. The van der Waals surface area contributed by atoms with Crippen molar-refractivity contribution in [2.75, 3.05) is 13.6 Å². The van der Waals surface area contributed by atoms with Gasteiger partial charge in [0.05, 0.1) is 0 Å². The molecule has 0 atom stereocenters. The Labute approximate surface area is 105 Å². The predicted octanol–water partition coefficient (Wildman–Crippen LogP) is 4.03. The molecule has 0 unspecified atom stereocenters. The molecule has 0 aliphatic carbocycles. The third-order valence-corrected chi connectivity index (χ3v) is 14.9. The number of nitrogens with zero attached hydrogens (tertiary/aromatic N) is 1. The molecule has 0 radical (unpaired) electrons. The summed E-state index contributed by atoms with van der Waals surface area (Å²) in [6, 6.07) is 0.719. The maximum atomic E-state index is 2.49. The van der Waals surface area contributed by atoms with E-state index in [1.165, 1.54) is 25.8 Å². The van der Waals surface area contributed by atoms with Gasteiger partial charge in [-0.2, -0.15) is 0 Å². The SMILES string of the molecule is CC[CH2][In]([CH2]CC)[CH2]CCN(C)C(C)C. The molecule has 15 heavy (non-hydrogen) atoms. The standard InChI is InChI=1S/C7H16N.2C3H7.In/c1-5-6-8(4)7(2)3;2*1-3-2;/h7H,1,5-6H2,2-4H3;2*1,3H2,2H3;. The fourth-order valence-corrected chi connectivity index (χ4v) is 11.4. The van der Waals surface area contributed by atoms with Crippen LogP contribution in [0.5, 0.6) is 0 Å². The summed E-state index contributed by atoms with van der Waals surface area (Å²) in [5, 5.41) is 0. The van der Waals surface area contributed by atoms with Gasteiger partial charge in [0.15, 0.2) is 0 Å². The van der Waals surface area contributed by atoms with E-state index in [1.807, 2.05) is 0 Å². The van der Waals surface area contributed by atoms with Gasteiger partial charge in [0.25, 0.3) is 0 Å². The Morgan fingerprint density at radius 3 is 1.93 bits per heavy atom. The van der Waals surface area contributed by atoms with Gasteiger partial charge in [-0.15, -0.1) is 0 Å². The van der Waals surface area contributed by atoms with E-state index in [-0.39, 0.29) is 0 Å². The van der Waals surface area contributed by atoms with Gasteiger partial charge in [-0.05, 0) is 0 Å². The summed E-state index contributed by atoms with van der Waals surface area (Å²) in [5.41, 5.74) is 0. The number of hydrogen-bond acceptors (Lipinski definition) is 1. The topological polar surface area (TPSA) is 3.24 Å². The molecule has 2 heteroatoms. The van der Waals surface area contributed by atoms with Crippen LogP contribution in [0.15, 0.2) is 0 Å². The quantitative estimate of drug-likeness (QED) is 0.621. The minimum absolute atomic E-state index is 0.719. The molecule has 0 fully saturated rings. The molecule has 0 rings (SSSR count). The van der Waals surface area contributed by atoms with Crippen molar-refractivity contribution < 1.29 is 0 Å². The number of hydrogen-bond donors (Lipinski definition) is 0. The van der Waals surface area contributed by atoms with Gasteiger partial charge in [-0.25, -0.2) is 0 Å². The number of rotatable bonds is 9. The molecule has 0 aliphatic heterocycles. The Morgan fingerprint density at radius 2 is 1.53 bits per heavy atom. The molecule has 90 valence electrons. The Bertz CT molecular complexity index is 130. The summed E-state index contributed by atoms with van der Waals surface area (Å²) in [7, 11) is 2.26. The molecule has 0 aromatic heterocycles. The second-order valence-electron chi connectivity index (χ2n) is 5.16. The van der Waals surface area contributed by atoms with E-state index in [0.717, 1.165) is 6.04 Å². The van der Waals surface area contributed by atoms with Crippen LogP contribution in [0.25, 0.3) is 0 Å². The van der Waals surface area contributed by atoms with Crippen molar-refractivity contribution in [2.24, 2.45) is 0 Å². The van der Waals surface area contributed by atoms with Gasteiger partial charge < -0.3 is 0 Å². The normalized spacial score (nSPS) is 11.4. The first-order valence-electron chi connectivity index (χ1n) is 6.82.